The number of nitrogens with zero attached hydrogens (tertiary/aromatic N) is 3. The third-order valence-electron chi connectivity index (χ3n) is 4.60. The van der Waals surface area contributed by atoms with Crippen molar-refractivity contribution >= 4 is 27.9 Å². The van der Waals surface area contributed by atoms with E-state index >= 15 is 0 Å². The molecule has 0 aliphatic heterocycles. The van der Waals surface area contributed by atoms with Crippen molar-refractivity contribution in [2.24, 2.45) is 0 Å². The summed E-state index contributed by atoms with van der Waals surface area (Å²) in [6, 6.07) is 16.8. The van der Waals surface area contributed by atoms with Crippen molar-refractivity contribution in [3.05, 3.63) is 92.3 Å². The Balaban J connectivity index is 1.47. The Bertz CT molecular complexity index is 1260. The number of benzene rings is 2. The van der Waals surface area contributed by atoms with Crippen molar-refractivity contribution in [2.45, 2.75) is 26.9 Å². The minimum atomic E-state index is -0.217. The second-order valence-corrected chi connectivity index (χ2v) is 8.13. The molecule has 30 heavy (non-hydrogen) atoms. The molecule has 4 rings (SSSR count). The molecular weight excluding hydrogens is 398 g/mol. The molecule has 0 radical (unpaired) electrons. The number of nitrogens with one attached hydrogen (secondary N) is 2. The number of aryl methyl sites for hydroxylation is 2. The lowest BCUT2D eigenvalue weighted by atomic mass is 10.1. The third-order valence-corrected chi connectivity index (χ3v) is 5.43. The van der Waals surface area contributed by atoms with E-state index in [1.807, 2.05) is 56.3 Å². The van der Waals surface area contributed by atoms with Gasteiger partial charge in [0.05, 0.1) is 17.8 Å². The SMILES string of the molecule is Cc1ccc(CNC(=O)c2ccccc2NCc2cc(=O)n3nc(C)sc3n2)cc1. The van der Waals surface area contributed by atoms with Crippen LogP contribution in [0.4, 0.5) is 5.69 Å². The normalized spacial score (nSPS) is 10.9. The molecule has 152 valence electrons. The number of aromatic nitrogens is 3. The van der Waals surface area contributed by atoms with Crippen molar-refractivity contribution < 1.29 is 4.79 Å². The smallest absolute Gasteiger partial charge is 0.275 e. The third kappa shape index (κ3) is 4.38. The zero-order valence-corrected chi connectivity index (χ0v) is 17.5. The van der Waals surface area contributed by atoms with Gasteiger partial charge in [-0.1, -0.05) is 53.3 Å². The highest BCUT2D eigenvalue weighted by Gasteiger charge is 2.12. The Morgan fingerprint density at radius 1 is 1.07 bits per heavy atom. The average Bonchev–Trinajstić information content (AvgIpc) is 3.12. The molecule has 2 aromatic heterocycles. The number of anilines is 1. The van der Waals surface area contributed by atoms with Gasteiger partial charge in [0.15, 0.2) is 0 Å². The Labute approximate surface area is 177 Å². The van der Waals surface area contributed by atoms with Crippen LogP contribution < -0.4 is 16.2 Å². The number of carbonyl (C=O) groups excluding carboxylic acids is 1. The molecule has 0 unspecified atom stereocenters. The predicted molar refractivity (Wildman–Crippen MR) is 118 cm³/mol. The van der Waals surface area contributed by atoms with E-state index in [0.29, 0.717) is 35.0 Å². The van der Waals surface area contributed by atoms with Crippen LogP contribution in [0.1, 0.15) is 32.2 Å². The van der Waals surface area contributed by atoms with Gasteiger partial charge in [-0.05, 0) is 31.5 Å². The zero-order chi connectivity index (χ0) is 21.1. The van der Waals surface area contributed by atoms with Gasteiger partial charge < -0.3 is 10.6 Å². The summed E-state index contributed by atoms with van der Waals surface area (Å²) < 4.78 is 1.30. The maximum atomic E-state index is 12.7. The number of amides is 1. The lowest BCUT2D eigenvalue weighted by Gasteiger charge is -2.12. The second kappa shape index (κ2) is 8.46. The van der Waals surface area contributed by atoms with E-state index in [1.165, 1.54) is 27.5 Å². The van der Waals surface area contributed by atoms with Crippen molar-refractivity contribution in [1.29, 1.82) is 0 Å². The Morgan fingerprint density at radius 2 is 1.83 bits per heavy atom. The lowest BCUT2D eigenvalue weighted by Crippen LogP contribution is -2.24. The number of fused-ring (bicyclic) bond motifs is 1. The van der Waals surface area contributed by atoms with Gasteiger partial charge in [0.25, 0.3) is 11.5 Å². The molecule has 8 heteroatoms. The molecule has 1 amide bonds. The first-order valence-corrected chi connectivity index (χ1v) is 10.3. The van der Waals surface area contributed by atoms with Crippen LogP contribution in [0.15, 0.2) is 59.4 Å². The quantitative estimate of drug-likeness (QED) is 0.501. The highest BCUT2D eigenvalue weighted by atomic mass is 32.1. The molecule has 0 fully saturated rings. The van der Waals surface area contributed by atoms with Crippen molar-refractivity contribution in [3.8, 4) is 0 Å². The minimum absolute atomic E-state index is 0.166. The molecule has 4 aromatic rings. The summed E-state index contributed by atoms with van der Waals surface area (Å²) in [6.45, 7) is 4.64. The summed E-state index contributed by atoms with van der Waals surface area (Å²) in [5.41, 5.74) is 3.82. The topological polar surface area (TPSA) is 88.4 Å². The fourth-order valence-corrected chi connectivity index (χ4v) is 3.81. The predicted octanol–water partition coefficient (Wildman–Crippen LogP) is 3.31. The fourth-order valence-electron chi connectivity index (χ4n) is 3.05. The summed E-state index contributed by atoms with van der Waals surface area (Å²) >= 11 is 1.36. The minimum Gasteiger partial charge on any atom is -0.379 e. The molecule has 2 heterocycles. The van der Waals surface area contributed by atoms with Crippen molar-refractivity contribution in [3.63, 3.8) is 0 Å². The molecule has 0 aliphatic carbocycles. The fraction of sp³-hybridized carbons (Fsp3) is 0.182. The molecular formula is C22H21N5O2S. The first-order valence-electron chi connectivity index (χ1n) is 9.52. The van der Waals surface area contributed by atoms with Gasteiger partial charge in [0.1, 0.15) is 5.01 Å². The van der Waals surface area contributed by atoms with Gasteiger partial charge in [-0.25, -0.2) is 4.98 Å². The van der Waals surface area contributed by atoms with Crippen LogP contribution in [0.25, 0.3) is 4.96 Å². The van der Waals surface area contributed by atoms with E-state index in [4.69, 9.17) is 0 Å². The van der Waals surface area contributed by atoms with Crippen LogP contribution in [-0.4, -0.2) is 20.5 Å². The van der Waals surface area contributed by atoms with Crippen LogP contribution in [0.3, 0.4) is 0 Å². The average molecular weight is 420 g/mol. The largest absolute Gasteiger partial charge is 0.379 e. The van der Waals surface area contributed by atoms with E-state index < -0.39 is 0 Å². The first kappa shape index (κ1) is 19.8. The highest BCUT2D eigenvalue weighted by Crippen LogP contribution is 2.17. The van der Waals surface area contributed by atoms with Crippen LogP contribution >= 0.6 is 11.3 Å². The van der Waals surface area contributed by atoms with Crippen LogP contribution in [0.5, 0.6) is 0 Å². The molecule has 2 aromatic carbocycles. The second-order valence-electron chi connectivity index (χ2n) is 6.97. The maximum absolute atomic E-state index is 12.7. The van der Waals surface area contributed by atoms with Gasteiger partial charge in [-0.15, -0.1) is 0 Å². The first-order chi connectivity index (χ1) is 14.5. The molecule has 0 atom stereocenters. The number of hydrogen-bond donors (Lipinski definition) is 2. The standard InChI is InChI=1S/C22H21N5O2S/c1-14-7-9-16(10-8-14)12-24-21(29)18-5-3-4-6-19(18)23-13-17-11-20(28)27-22(25-17)30-15(2)26-27/h3-11,23H,12-13H2,1-2H3,(H,24,29). The van der Waals surface area contributed by atoms with Gasteiger partial charge >= 0.3 is 0 Å². The molecule has 2 N–H and O–H groups in total. The molecule has 7 nitrogen and oxygen atoms in total. The summed E-state index contributed by atoms with van der Waals surface area (Å²) in [7, 11) is 0. The van der Waals surface area contributed by atoms with Crippen LogP contribution in [-0.2, 0) is 13.1 Å². The van der Waals surface area contributed by atoms with Crippen LogP contribution in [0.2, 0.25) is 0 Å². The lowest BCUT2D eigenvalue weighted by molar-refractivity contribution is 0.0951. The van der Waals surface area contributed by atoms with Crippen LogP contribution in [0, 0.1) is 13.8 Å². The van der Waals surface area contributed by atoms with E-state index in [-0.39, 0.29) is 11.5 Å². The van der Waals surface area contributed by atoms with Gasteiger partial charge in [-0.2, -0.15) is 9.61 Å². The highest BCUT2D eigenvalue weighted by molar-refractivity contribution is 7.16. The molecule has 0 saturated carbocycles. The van der Waals surface area contributed by atoms with Crippen molar-refractivity contribution in [1.82, 2.24) is 19.9 Å². The maximum Gasteiger partial charge on any atom is 0.275 e. The molecule has 0 aliphatic rings. The number of hydrogen-bond acceptors (Lipinski definition) is 6. The summed E-state index contributed by atoms with van der Waals surface area (Å²) in [4.78, 5) is 30.0. The van der Waals surface area contributed by atoms with Gasteiger partial charge in [-0.3, -0.25) is 9.59 Å². The number of para-hydroxylation sites is 1. The summed E-state index contributed by atoms with van der Waals surface area (Å²) in [5.74, 6) is -0.166. The molecule has 0 saturated heterocycles. The van der Waals surface area contributed by atoms with E-state index in [2.05, 4.69) is 20.7 Å². The number of rotatable bonds is 6. The Hall–Kier alpha value is -3.52. The summed E-state index contributed by atoms with van der Waals surface area (Å²) in [5, 5.41) is 11.1. The van der Waals surface area contributed by atoms with E-state index in [9.17, 15) is 9.59 Å². The monoisotopic (exact) mass is 419 g/mol. The molecule has 0 bridgehead atoms. The van der Waals surface area contributed by atoms with E-state index in [0.717, 1.165) is 10.6 Å². The Morgan fingerprint density at radius 3 is 2.63 bits per heavy atom. The summed E-state index contributed by atoms with van der Waals surface area (Å²) in [6.07, 6.45) is 0. The molecule has 0 spiro atoms. The van der Waals surface area contributed by atoms with Gasteiger partial charge in [0.2, 0.25) is 4.96 Å². The number of carbonyl (C=O) groups is 1. The van der Waals surface area contributed by atoms with E-state index in [1.54, 1.807) is 6.07 Å². The van der Waals surface area contributed by atoms with Gasteiger partial charge in [0, 0.05) is 18.3 Å². The Kier molecular flexibility index (Phi) is 5.58. The van der Waals surface area contributed by atoms with Crippen molar-refractivity contribution in [2.75, 3.05) is 5.32 Å². The zero-order valence-electron chi connectivity index (χ0n) is 16.7.